The van der Waals surface area contributed by atoms with Crippen LogP contribution in [0.4, 0.5) is 11.4 Å². The number of nitrogens with zero attached hydrogens (tertiary/aromatic N) is 2. The van der Waals surface area contributed by atoms with Crippen LogP contribution in [0.3, 0.4) is 0 Å². The van der Waals surface area contributed by atoms with Gasteiger partial charge in [-0.1, -0.05) is 6.07 Å². The molecule has 116 valence electrons. The van der Waals surface area contributed by atoms with Crippen LogP contribution < -0.4 is 4.90 Å². The zero-order valence-electron chi connectivity index (χ0n) is 11.9. The normalized spacial score (nSPS) is 22.8. The van der Waals surface area contributed by atoms with Gasteiger partial charge in [0, 0.05) is 18.7 Å². The van der Waals surface area contributed by atoms with Crippen molar-refractivity contribution in [3.8, 4) is 0 Å². The summed E-state index contributed by atoms with van der Waals surface area (Å²) in [6.07, 6.45) is -0.795. The van der Waals surface area contributed by atoms with Crippen molar-refractivity contribution in [2.24, 2.45) is 0 Å². The van der Waals surface area contributed by atoms with Crippen LogP contribution in [0.25, 0.3) is 0 Å². The maximum absolute atomic E-state index is 11.6. The van der Waals surface area contributed by atoms with Crippen LogP contribution in [0.2, 0.25) is 0 Å². The molecule has 1 heterocycles. The highest BCUT2D eigenvalue weighted by molar-refractivity contribution is 7.91. The van der Waals surface area contributed by atoms with Crippen LogP contribution in [-0.2, 0) is 9.84 Å². The van der Waals surface area contributed by atoms with Gasteiger partial charge >= 0.3 is 0 Å². The van der Waals surface area contributed by atoms with Gasteiger partial charge in [-0.25, -0.2) is 8.42 Å². The van der Waals surface area contributed by atoms with E-state index in [9.17, 15) is 23.6 Å². The molecular weight excluding hydrogens is 296 g/mol. The van der Waals surface area contributed by atoms with E-state index in [2.05, 4.69) is 0 Å². The molecule has 1 N–H and O–H groups in total. The van der Waals surface area contributed by atoms with Gasteiger partial charge in [0.1, 0.15) is 5.69 Å². The minimum absolute atomic E-state index is 0.00729. The Morgan fingerprint density at radius 2 is 2.14 bits per heavy atom. The summed E-state index contributed by atoms with van der Waals surface area (Å²) >= 11 is 0. The third kappa shape index (κ3) is 3.33. The summed E-state index contributed by atoms with van der Waals surface area (Å²) in [4.78, 5) is 12.5. The number of aliphatic hydroxyl groups excluding tert-OH is 1. The second-order valence-corrected chi connectivity index (χ2v) is 7.57. The van der Waals surface area contributed by atoms with E-state index in [-0.39, 0.29) is 29.8 Å². The summed E-state index contributed by atoms with van der Waals surface area (Å²) in [6, 6.07) is 4.23. The molecule has 0 radical (unpaired) electrons. The SMILES string of the molecule is CC1CS(=O)(=O)CCN1c1ccc([C@@H](C)O)cc1[N+](=O)[O-]. The Labute approximate surface area is 123 Å². The van der Waals surface area contributed by atoms with Crippen molar-refractivity contribution >= 4 is 21.2 Å². The van der Waals surface area contributed by atoms with Crippen LogP contribution in [0.15, 0.2) is 18.2 Å². The zero-order chi connectivity index (χ0) is 15.8. The number of anilines is 1. The van der Waals surface area contributed by atoms with E-state index in [1.165, 1.54) is 13.0 Å². The van der Waals surface area contributed by atoms with E-state index < -0.39 is 20.9 Å². The van der Waals surface area contributed by atoms with E-state index in [1.54, 1.807) is 24.0 Å². The summed E-state index contributed by atoms with van der Waals surface area (Å²) in [5.41, 5.74) is 0.745. The lowest BCUT2D eigenvalue weighted by atomic mass is 10.1. The van der Waals surface area contributed by atoms with Gasteiger partial charge in [0.05, 0.1) is 22.5 Å². The van der Waals surface area contributed by atoms with Gasteiger partial charge in [0.25, 0.3) is 5.69 Å². The molecule has 0 saturated carbocycles. The summed E-state index contributed by atoms with van der Waals surface area (Å²) in [7, 11) is -3.08. The third-order valence-electron chi connectivity index (χ3n) is 3.66. The second-order valence-electron chi connectivity index (χ2n) is 5.34. The lowest BCUT2D eigenvalue weighted by Crippen LogP contribution is -2.47. The molecule has 0 bridgehead atoms. The Bertz CT molecular complexity index is 657. The molecule has 0 aliphatic carbocycles. The van der Waals surface area contributed by atoms with E-state index in [0.717, 1.165) is 0 Å². The van der Waals surface area contributed by atoms with E-state index in [1.807, 2.05) is 0 Å². The summed E-state index contributed by atoms with van der Waals surface area (Å²) in [6.45, 7) is 3.51. The van der Waals surface area contributed by atoms with Crippen molar-refractivity contribution in [1.82, 2.24) is 0 Å². The molecule has 0 spiro atoms. The molecule has 0 amide bonds. The quantitative estimate of drug-likeness (QED) is 0.666. The molecule has 8 heteroatoms. The van der Waals surface area contributed by atoms with Crippen molar-refractivity contribution < 1.29 is 18.4 Å². The van der Waals surface area contributed by atoms with Crippen molar-refractivity contribution in [3.63, 3.8) is 0 Å². The predicted molar refractivity (Wildman–Crippen MR) is 79.2 cm³/mol. The molecular formula is C13H18N2O5S. The molecule has 1 unspecified atom stereocenters. The first-order valence-electron chi connectivity index (χ1n) is 6.65. The second kappa shape index (κ2) is 5.61. The van der Waals surface area contributed by atoms with E-state index >= 15 is 0 Å². The van der Waals surface area contributed by atoms with Crippen LogP contribution in [0.1, 0.15) is 25.5 Å². The molecule has 1 aromatic rings. The fourth-order valence-corrected chi connectivity index (χ4v) is 4.10. The zero-order valence-corrected chi connectivity index (χ0v) is 12.7. The molecule has 7 nitrogen and oxygen atoms in total. The molecule has 1 fully saturated rings. The molecule has 1 aromatic carbocycles. The first kappa shape index (κ1) is 15.7. The molecule has 1 aliphatic rings. The highest BCUT2D eigenvalue weighted by Gasteiger charge is 2.32. The number of rotatable bonds is 3. The average Bonchev–Trinajstić information content (AvgIpc) is 2.37. The van der Waals surface area contributed by atoms with Gasteiger partial charge in [-0.15, -0.1) is 0 Å². The van der Waals surface area contributed by atoms with E-state index in [4.69, 9.17) is 0 Å². The number of aliphatic hydroxyl groups is 1. The highest BCUT2D eigenvalue weighted by Crippen LogP contribution is 2.33. The number of hydrogen-bond acceptors (Lipinski definition) is 6. The van der Waals surface area contributed by atoms with Crippen LogP contribution >= 0.6 is 0 Å². The standard InChI is InChI=1S/C13H18N2O5S/c1-9-8-21(19,20)6-5-14(9)12-4-3-11(10(2)16)7-13(12)15(17)18/h3-4,7,9-10,16H,5-6,8H2,1-2H3/t9?,10-/m1/s1. The fourth-order valence-electron chi connectivity index (χ4n) is 2.55. The van der Waals surface area contributed by atoms with Crippen LogP contribution in [0.5, 0.6) is 0 Å². The maximum atomic E-state index is 11.6. The average molecular weight is 314 g/mol. The van der Waals surface area contributed by atoms with E-state index in [0.29, 0.717) is 11.3 Å². The summed E-state index contributed by atoms with van der Waals surface area (Å²) in [5.74, 6) is -0.0189. The lowest BCUT2D eigenvalue weighted by molar-refractivity contribution is -0.384. The number of nitro groups is 1. The molecule has 2 atom stereocenters. The van der Waals surface area contributed by atoms with Crippen LogP contribution in [0, 0.1) is 10.1 Å². The van der Waals surface area contributed by atoms with Crippen LogP contribution in [-0.4, -0.2) is 42.5 Å². The Morgan fingerprint density at radius 1 is 1.48 bits per heavy atom. The number of benzene rings is 1. The largest absolute Gasteiger partial charge is 0.389 e. The van der Waals surface area contributed by atoms with Crippen molar-refractivity contribution in [2.75, 3.05) is 23.0 Å². The predicted octanol–water partition coefficient (Wildman–Crippen LogP) is 1.27. The van der Waals surface area contributed by atoms with Gasteiger partial charge in [-0.3, -0.25) is 10.1 Å². The molecule has 1 aliphatic heterocycles. The fraction of sp³-hybridized carbons (Fsp3) is 0.538. The highest BCUT2D eigenvalue weighted by atomic mass is 32.2. The minimum Gasteiger partial charge on any atom is -0.389 e. The third-order valence-corrected chi connectivity index (χ3v) is 5.45. The Hall–Kier alpha value is -1.67. The van der Waals surface area contributed by atoms with Gasteiger partial charge in [-0.2, -0.15) is 0 Å². The summed E-state index contributed by atoms with van der Waals surface area (Å²) < 4.78 is 23.2. The molecule has 0 aromatic heterocycles. The number of nitro benzene ring substituents is 1. The Kier molecular flexibility index (Phi) is 4.20. The van der Waals surface area contributed by atoms with Crippen molar-refractivity contribution in [3.05, 3.63) is 33.9 Å². The topological polar surface area (TPSA) is 101 Å². The smallest absolute Gasteiger partial charge is 0.292 e. The first-order valence-corrected chi connectivity index (χ1v) is 8.47. The molecule has 1 saturated heterocycles. The van der Waals surface area contributed by atoms with Crippen molar-refractivity contribution in [2.45, 2.75) is 26.0 Å². The van der Waals surface area contributed by atoms with Gasteiger partial charge in [0.2, 0.25) is 0 Å². The monoisotopic (exact) mass is 314 g/mol. The number of sulfone groups is 1. The lowest BCUT2D eigenvalue weighted by Gasteiger charge is -2.34. The van der Waals surface area contributed by atoms with Gasteiger partial charge < -0.3 is 10.0 Å². The molecule has 21 heavy (non-hydrogen) atoms. The Morgan fingerprint density at radius 3 is 2.67 bits per heavy atom. The Balaban J connectivity index is 2.42. The first-order chi connectivity index (χ1) is 9.71. The number of hydrogen-bond donors (Lipinski definition) is 1. The van der Waals surface area contributed by atoms with Gasteiger partial charge in [-0.05, 0) is 25.5 Å². The van der Waals surface area contributed by atoms with Crippen molar-refractivity contribution in [1.29, 1.82) is 0 Å². The maximum Gasteiger partial charge on any atom is 0.292 e. The molecule has 2 rings (SSSR count). The summed E-state index contributed by atoms with van der Waals surface area (Å²) in [5, 5.41) is 20.8. The van der Waals surface area contributed by atoms with Gasteiger partial charge in [0.15, 0.2) is 9.84 Å². The minimum atomic E-state index is -3.08.